The fraction of sp³-hybridized carbons (Fsp3) is 0. The quantitative estimate of drug-likeness (QED) is 0.153. The molecule has 12 rings (SSSR count). The van der Waals surface area contributed by atoms with Gasteiger partial charge in [-0.05, 0) is 92.8 Å². The van der Waals surface area contributed by atoms with Crippen molar-refractivity contribution >= 4 is 60.5 Å². The van der Waals surface area contributed by atoms with E-state index >= 15 is 0 Å². The average Bonchev–Trinajstić information content (AvgIpc) is 3.75. The molecule has 0 unspecified atom stereocenters. The van der Waals surface area contributed by atoms with Crippen molar-refractivity contribution in [2.24, 2.45) is 0 Å². The Morgan fingerprint density at radius 1 is 0.297 bits per heavy atom. The van der Waals surface area contributed by atoms with Crippen LogP contribution < -0.4 is 4.90 Å². The molecule has 0 fully saturated rings. The molecular formula is C59H38N4O. The van der Waals surface area contributed by atoms with Crippen molar-refractivity contribution in [3.63, 3.8) is 0 Å². The standard InChI is InChI=1S/C59H38N4O/c1-4-15-39(16-5-1)41-29-33-48(34-30-41)63(47-22-8-3-9-23-47)49-35-31-42(32-36-49)54-50-24-13-12-21-45(50)38-53-51-25-14-26-52(55(51)64-56(53)54)59-61-57(43-18-6-2-7-19-43)60-58(62-59)46-28-27-40-17-10-11-20-44(40)37-46/h1-38H. The topological polar surface area (TPSA) is 55.1 Å². The summed E-state index contributed by atoms with van der Waals surface area (Å²) in [5.74, 6) is 1.76. The molecule has 0 aliphatic rings. The van der Waals surface area contributed by atoms with Crippen molar-refractivity contribution in [1.82, 2.24) is 15.0 Å². The van der Waals surface area contributed by atoms with Crippen LogP contribution in [-0.4, -0.2) is 15.0 Å². The van der Waals surface area contributed by atoms with Crippen molar-refractivity contribution in [2.45, 2.75) is 0 Å². The summed E-state index contributed by atoms with van der Waals surface area (Å²) in [7, 11) is 0. The number of aromatic nitrogens is 3. The first-order valence-corrected chi connectivity index (χ1v) is 21.5. The van der Waals surface area contributed by atoms with Gasteiger partial charge in [-0.15, -0.1) is 0 Å². The highest BCUT2D eigenvalue weighted by atomic mass is 16.3. The molecule has 0 atom stereocenters. The van der Waals surface area contributed by atoms with Crippen LogP contribution in [-0.2, 0) is 0 Å². The van der Waals surface area contributed by atoms with Gasteiger partial charge in [-0.3, -0.25) is 0 Å². The van der Waals surface area contributed by atoms with E-state index in [9.17, 15) is 0 Å². The molecule has 300 valence electrons. The van der Waals surface area contributed by atoms with Gasteiger partial charge in [-0.1, -0.05) is 176 Å². The third-order valence-corrected chi connectivity index (χ3v) is 12.1. The largest absolute Gasteiger partial charge is 0.455 e. The lowest BCUT2D eigenvalue weighted by Gasteiger charge is -2.26. The number of hydrogen-bond acceptors (Lipinski definition) is 5. The summed E-state index contributed by atoms with van der Waals surface area (Å²) in [5, 5.41) is 6.57. The lowest BCUT2D eigenvalue weighted by Crippen LogP contribution is -2.09. The lowest BCUT2D eigenvalue weighted by atomic mass is 9.94. The molecule has 64 heavy (non-hydrogen) atoms. The first-order valence-electron chi connectivity index (χ1n) is 21.5. The van der Waals surface area contributed by atoms with Crippen molar-refractivity contribution in [3.8, 4) is 56.4 Å². The van der Waals surface area contributed by atoms with Gasteiger partial charge in [-0.2, -0.15) is 0 Å². The Morgan fingerprint density at radius 3 is 1.53 bits per heavy atom. The van der Waals surface area contributed by atoms with E-state index in [0.717, 1.165) is 88.4 Å². The van der Waals surface area contributed by atoms with E-state index in [-0.39, 0.29) is 0 Å². The Labute approximate surface area is 370 Å². The van der Waals surface area contributed by atoms with Crippen LogP contribution >= 0.6 is 0 Å². The fourth-order valence-electron chi connectivity index (χ4n) is 8.96. The molecule has 5 heteroatoms. The first-order chi connectivity index (χ1) is 31.7. The Hall–Kier alpha value is -8.67. The van der Waals surface area contributed by atoms with Crippen LogP contribution in [0.3, 0.4) is 0 Å². The van der Waals surface area contributed by atoms with Gasteiger partial charge in [-0.25, -0.2) is 15.0 Å². The van der Waals surface area contributed by atoms with Crippen molar-refractivity contribution in [3.05, 3.63) is 231 Å². The van der Waals surface area contributed by atoms with Gasteiger partial charge in [0.1, 0.15) is 11.2 Å². The van der Waals surface area contributed by atoms with Crippen LogP contribution in [0.15, 0.2) is 235 Å². The number of benzene rings is 10. The molecule has 0 radical (unpaired) electrons. The van der Waals surface area contributed by atoms with Crippen LogP contribution in [0.25, 0.3) is 99.9 Å². The monoisotopic (exact) mass is 818 g/mol. The van der Waals surface area contributed by atoms with Crippen LogP contribution in [0, 0.1) is 0 Å². The SMILES string of the molecule is c1ccc(-c2ccc(N(c3ccccc3)c3ccc(-c4c5ccccc5cc5c4oc4c(-c6nc(-c7ccccc7)nc(-c7ccc8ccccc8c7)n6)cccc45)cc3)cc2)cc1. The van der Waals surface area contributed by atoms with Crippen molar-refractivity contribution < 1.29 is 4.42 Å². The zero-order valence-electron chi connectivity index (χ0n) is 34.6. The van der Waals surface area contributed by atoms with Gasteiger partial charge in [0.05, 0.1) is 5.56 Å². The number of nitrogens with zero attached hydrogens (tertiary/aromatic N) is 4. The first kappa shape index (κ1) is 37.1. The summed E-state index contributed by atoms with van der Waals surface area (Å²) in [6.45, 7) is 0. The molecule has 0 amide bonds. The number of anilines is 3. The number of fused-ring (bicyclic) bond motifs is 5. The zero-order chi connectivity index (χ0) is 42.4. The highest BCUT2D eigenvalue weighted by molar-refractivity contribution is 6.19. The molecule has 2 heterocycles. The highest BCUT2D eigenvalue weighted by Crippen LogP contribution is 2.45. The van der Waals surface area contributed by atoms with E-state index in [1.807, 2.05) is 30.3 Å². The Balaban J connectivity index is 1.00. The Kier molecular flexibility index (Phi) is 9.08. The minimum absolute atomic E-state index is 0.551. The Bertz CT molecular complexity index is 3640. The van der Waals surface area contributed by atoms with Crippen LogP contribution in [0.5, 0.6) is 0 Å². The predicted molar refractivity (Wildman–Crippen MR) is 264 cm³/mol. The van der Waals surface area contributed by atoms with E-state index in [1.165, 1.54) is 11.1 Å². The zero-order valence-corrected chi connectivity index (χ0v) is 34.6. The molecule has 0 saturated heterocycles. The van der Waals surface area contributed by atoms with E-state index < -0.39 is 0 Å². The Morgan fingerprint density at radius 2 is 0.812 bits per heavy atom. The minimum atomic E-state index is 0.551. The predicted octanol–water partition coefficient (Wildman–Crippen LogP) is 15.9. The van der Waals surface area contributed by atoms with Gasteiger partial charge >= 0.3 is 0 Å². The maximum atomic E-state index is 7.13. The van der Waals surface area contributed by atoms with Gasteiger partial charge in [0.25, 0.3) is 0 Å². The van der Waals surface area contributed by atoms with Crippen molar-refractivity contribution in [2.75, 3.05) is 4.90 Å². The second-order valence-electron chi connectivity index (χ2n) is 16.0. The molecule has 10 aromatic carbocycles. The smallest absolute Gasteiger partial charge is 0.167 e. The molecule has 5 nitrogen and oxygen atoms in total. The van der Waals surface area contributed by atoms with E-state index in [1.54, 1.807) is 0 Å². The van der Waals surface area contributed by atoms with E-state index in [2.05, 4.69) is 205 Å². The summed E-state index contributed by atoms with van der Waals surface area (Å²) in [4.78, 5) is 17.6. The minimum Gasteiger partial charge on any atom is -0.455 e. The molecule has 12 aromatic rings. The van der Waals surface area contributed by atoms with Gasteiger partial charge < -0.3 is 9.32 Å². The normalized spacial score (nSPS) is 11.4. The molecule has 0 bridgehead atoms. The molecule has 0 N–H and O–H groups in total. The van der Waals surface area contributed by atoms with E-state index in [0.29, 0.717) is 17.5 Å². The van der Waals surface area contributed by atoms with Crippen LogP contribution in [0.4, 0.5) is 17.1 Å². The number of rotatable bonds is 8. The maximum Gasteiger partial charge on any atom is 0.167 e. The summed E-state index contributed by atoms with van der Waals surface area (Å²) in [6, 6.07) is 80.5. The molecule has 0 aliphatic carbocycles. The molecule has 0 saturated carbocycles. The number of furan rings is 1. The molecule has 2 aromatic heterocycles. The van der Waals surface area contributed by atoms with Gasteiger partial charge in [0.2, 0.25) is 0 Å². The number of para-hydroxylation sites is 2. The molecule has 0 spiro atoms. The third-order valence-electron chi connectivity index (χ3n) is 12.1. The number of hydrogen-bond donors (Lipinski definition) is 0. The second-order valence-corrected chi connectivity index (χ2v) is 16.0. The summed E-state index contributed by atoms with van der Waals surface area (Å²) in [6.07, 6.45) is 0. The summed E-state index contributed by atoms with van der Waals surface area (Å²) in [5.41, 5.74) is 11.9. The average molecular weight is 819 g/mol. The van der Waals surface area contributed by atoms with Crippen LogP contribution in [0.2, 0.25) is 0 Å². The third kappa shape index (κ3) is 6.64. The van der Waals surface area contributed by atoms with E-state index in [4.69, 9.17) is 19.4 Å². The molecule has 0 aliphatic heterocycles. The fourth-order valence-corrected chi connectivity index (χ4v) is 8.96. The summed E-state index contributed by atoms with van der Waals surface area (Å²) >= 11 is 0. The highest BCUT2D eigenvalue weighted by Gasteiger charge is 2.22. The maximum absolute atomic E-state index is 7.13. The lowest BCUT2D eigenvalue weighted by molar-refractivity contribution is 0.671. The van der Waals surface area contributed by atoms with Crippen LogP contribution in [0.1, 0.15) is 0 Å². The molecular weight excluding hydrogens is 781 g/mol. The second kappa shape index (κ2) is 15.7. The van der Waals surface area contributed by atoms with Crippen molar-refractivity contribution in [1.29, 1.82) is 0 Å². The van der Waals surface area contributed by atoms with Gasteiger partial charge in [0.15, 0.2) is 17.5 Å². The summed E-state index contributed by atoms with van der Waals surface area (Å²) < 4.78 is 7.13. The van der Waals surface area contributed by atoms with Gasteiger partial charge in [0, 0.05) is 44.5 Å².